The number of nitrogen functional groups attached to an aromatic ring is 1. The molecular weight excluding hydrogens is 174 g/mol. The highest BCUT2D eigenvalue weighted by Gasteiger charge is 2.18. The molecule has 6 heteroatoms. The van der Waals surface area contributed by atoms with Gasteiger partial charge in [-0.1, -0.05) is 0 Å². The number of nitrogens with zero attached hydrogens (tertiary/aromatic N) is 2. The summed E-state index contributed by atoms with van der Waals surface area (Å²) in [6, 6.07) is 0. The molecule has 66 valence electrons. The van der Waals surface area contributed by atoms with Crippen molar-refractivity contribution in [1.82, 2.24) is 9.97 Å². The van der Waals surface area contributed by atoms with Crippen molar-refractivity contribution in [2.24, 2.45) is 0 Å². The number of fused-ring (bicyclic) bond motifs is 1. The molecule has 0 saturated carbocycles. The van der Waals surface area contributed by atoms with Gasteiger partial charge in [0.15, 0.2) is 5.52 Å². The Morgan fingerprint density at radius 2 is 2.15 bits per heavy atom. The van der Waals surface area contributed by atoms with E-state index in [0.717, 1.165) is 0 Å². The summed E-state index contributed by atoms with van der Waals surface area (Å²) in [5.41, 5.74) is 5.89. The number of carboxylic acid groups (broad SMARTS) is 1. The maximum absolute atomic E-state index is 10.6. The number of aromatic carboxylic acids is 1. The summed E-state index contributed by atoms with van der Waals surface area (Å²) in [5.74, 6) is -1.54. The first-order valence-electron chi connectivity index (χ1n) is 3.42. The lowest BCUT2D eigenvalue weighted by atomic mass is 10.3. The van der Waals surface area contributed by atoms with Crippen LogP contribution in [0.3, 0.4) is 0 Å². The van der Waals surface area contributed by atoms with Crippen molar-refractivity contribution in [2.45, 2.75) is 0 Å². The molecule has 0 bridgehead atoms. The van der Waals surface area contributed by atoms with Crippen molar-refractivity contribution in [3.63, 3.8) is 0 Å². The van der Waals surface area contributed by atoms with Gasteiger partial charge in [0.05, 0.1) is 0 Å². The number of furan rings is 1. The van der Waals surface area contributed by atoms with E-state index in [1.807, 2.05) is 0 Å². The van der Waals surface area contributed by atoms with Crippen molar-refractivity contribution in [1.29, 1.82) is 0 Å². The number of carboxylic acids is 1. The third-order valence-electron chi connectivity index (χ3n) is 1.56. The van der Waals surface area contributed by atoms with Crippen LogP contribution in [0.25, 0.3) is 11.2 Å². The average Bonchev–Trinajstić information content (AvgIpc) is 2.45. The number of rotatable bonds is 1. The molecule has 0 amide bonds. The van der Waals surface area contributed by atoms with Crippen LogP contribution in [0.4, 0.5) is 5.69 Å². The highest BCUT2D eigenvalue weighted by atomic mass is 16.4. The SMILES string of the molecule is Nc1c(C(=O)O)oc2nccnc12. The molecule has 0 fully saturated rings. The molecule has 6 nitrogen and oxygen atoms in total. The van der Waals surface area contributed by atoms with Gasteiger partial charge in [0, 0.05) is 12.4 Å². The van der Waals surface area contributed by atoms with Gasteiger partial charge in [-0.05, 0) is 0 Å². The van der Waals surface area contributed by atoms with Crippen LogP contribution < -0.4 is 5.73 Å². The standard InChI is InChI=1S/C7H5N3O3/c8-3-4-6(10-2-1-9-4)13-5(3)7(11)12/h1-2H,8H2,(H,11,12). The number of carbonyl (C=O) groups is 1. The summed E-state index contributed by atoms with van der Waals surface area (Å²) >= 11 is 0. The second-order valence-corrected chi connectivity index (χ2v) is 2.36. The van der Waals surface area contributed by atoms with Crippen molar-refractivity contribution in [2.75, 3.05) is 5.73 Å². The lowest BCUT2D eigenvalue weighted by Gasteiger charge is -1.86. The topological polar surface area (TPSA) is 102 Å². The van der Waals surface area contributed by atoms with Crippen molar-refractivity contribution >= 4 is 22.9 Å². The highest BCUT2D eigenvalue weighted by molar-refractivity contribution is 5.99. The minimum Gasteiger partial charge on any atom is -0.475 e. The number of aromatic nitrogens is 2. The minimum absolute atomic E-state index is 0.00981. The van der Waals surface area contributed by atoms with Gasteiger partial charge < -0.3 is 15.3 Å². The van der Waals surface area contributed by atoms with Crippen LogP contribution in [0.2, 0.25) is 0 Å². The minimum atomic E-state index is -1.22. The van der Waals surface area contributed by atoms with Crippen LogP contribution in [0.15, 0.2) is 16.8 Å². The Balaban J connectivity index is 2.81. The van der Waals surface area contributed by atoms with Crippen molar-refractivity contribution in [3.05, 3.63) is 18.2 Å². The third kappa shape index (κ3) is 0.994. The number of hydrogen-bond acceptors (Lipinski definition) is 5. The van der Waals surface area contributed by atoms with Crippen molar-refractivity contribution in [3.8, 4) is 0 Å². The predicted octanol–water partition coefficient (Wildman–Crippen LogP) is 0.503. The smallest absolute Gasteiger partial charge is 0.374 e. The van der Waals surface area contributed by atoms with Gasteiger partial charge in [0.2, 0.25) is 11.5 Å². The molecule has 2 rings (SSSR count). The fourth-order valence-electron chi connectivity index (χ4n) is 1.00. The fraction of sp³-hybridized carbons (Fsp3) is 0. The Hall–Kier alpha value is -2.11. The molecule has 2 aromatic rings. The first-order chi connectivity index (χ1) is 6.20. The monoisotopic (exact) mass is 179 g/mol. The molecule has 0 atom stereocenters. The van der Waals surface area contributed by atoms with E-state index in [-0.39, 0.29) is 22.7 Å². The normalized spacial score (nSPS) is 10.5. The second-order valence-electron chi connectivity index (χ2n) is 2.36. The van der Waals surface area contributed by atoms with Gasteiger partial charge in [-0.3, -0.25) is 0 Å². The van der Waals surface area contributed by atoms with E-state index < -0.39 is 5.97 Å². The summed E-state index contributed by atoms with van der Waals surface area (Å²) in [4.78, 5) is 18.2. The van der Waals surface area contributed by atoms with Gasteiger partial charge in [-0.15, -0.1) is 0 Å². The molecule has 0 aliphatic carbocycles. The Bertz CT molecular complexity index is 477. The van der Waals surface area contributed by atoms with Gasteiger partial charge in [-0.2, -0.15) is 0 Å². The maximum atomic E-state index is 10.6. The largest absolute Gasteiger partial charge is 0.475 e. The summed E-state index contributed by atoms with van der Waals surface area (Å²) in [7, 11) is 0. The van der Waals surface area contributed by atoms with Crippen LogP contribution in [0.5, 0.6) is 0 Å². The van der Waals surface area contributed by atoms with Gasteiger partial charge in [0.25, 0.3) is 0 Å². The zero-order chi connectivity index (χ0) is 9.42. The molecule has 0 spiro atoms. The van der Waals surface area contributed by atoms with Gasteiger partial charge >= 0.3 is 5.97 Å². The predicted molar refractivity (Wildman–Crippen MR) is 43.2 cm³/mol. The molecule has 0 aliphatic heterocycles. The van der Waals surface area contributed by atoms with E-state index in [2.05, 4.69) is 9.97 Å². The number of anilines is 1. The number of nitrogens with two attached hydrogens (primary N) is 1. The molecule has 0 aromatic carbocycles. The van der Waals surface area contributed by atoms with Crippen LogP contribution in [-0.4, -0.2) is 21.0 Å². The molecule has 13 heavy (non-hydrogen) atoms. The summed E-state index contributed by atoms with van der Waals surface area (Å²) in [5, 5.41) is 8.64. The van der Waals surface area contributed by atoms with E-state index in [1.165, 1.54) is 12.4 Å². The van der Waals surface area contributed by atoms with Crippen LogP contribution in [-0.2, 0) is 0 Å². The molecule has 0 aliphatic rings. The van der Waals surface area contributed by atoms with E-state index in [1.54, 1.807) is 0 Å². The average molecular weight is 179 g/mol. The molecule has 0 saturated heterocycles. The van der Waals surface area contributed by atoms with E-state index in [4.69, 9.17) is 15.3 Å². The molecular formula is C7H5N3O3. The van der Waals surface area contributed by atoms with E-state index in [0.29, 0.717) is 0 Å². The summed E-state index contributed by atoms with van der Waals surface area (Å²) in [6.07, 6.45) is 2.82. The Morgan fingerprint density at radius 3 is 2.77 bits per heavy atom. The van der Waals surface area contributed by atoms with Crippen LogP contribution in [0.1, 0.15) is 10.6 Å². The van der Waals surface area contributed by atoms with E-state index in [9.17, 15) is 4.79 Å². The second kappa shape index (κ2) is 2.44. The van der Waals surface area contributed by atoms with Crippen LogP contribution in [0, 0.1) is 0 Å². The number of hydrogen-bond donors (Lipinski definition) is 2. The van der Waals surface area contributed by atoms with Gasteiger partial charge in [0.1, 0.15) is 5.69 Å². The lowest BCUT2D eigenvalue weighted by molar-refractivity contribution is 0.0666. The zero-order valence-corrected chi connectivity index (χ0v) is 6.39. The summed E-state index contributed by atoms with van der Waals surface area (Å²) < 4.78 is 4.86. The van der Waals surface area contributed by atoms with Crippen molar-refractivity contribution < 1.29 is 14.3 Å². The first-order valence-corrected chi connectivity index (χ1v) is 3.42. The maximum Gasteiger partial charge on any atom is 0.374 e. The Labute approximate surface area is 72.0 Å². The first kappa shape index (κ1) is 7.53. The summed E-state index contributed by atoms with van der Waals surface area (Å²) in [6.45, 7) is 0. The molecule has 0 unspecified atom stereocenters. The third-order valence-corrected chi connectivity index (χ3v) is 1.56. The molecule has 2 heterocycles. The molecule has 2 aromatic heterocycles. The fourth-order valence-corrected chi connectivity index (χ4v) is 1.00. The molecule has 3 N–H and O–H groups in total. The zero-order valence-electron chi connectivity index (χ0n) is 6.39. The van der Waals surface area contributed by atoms with Gasteiger partial charge in [-0.25, -0.2) is 14.8 Å². The molecule has 0 radical (unpaired) electrons. The quantitative estimate of drug-likeness (QED) is 0.660. The highest BCUT2D eigenvalue weighted by Crippen LogP contribution is 2.23. The Kier molecular flexibility index (Phi) is 1.42. The van der Waals surface area contributed by atoms with Crippen LogP contribution >= 0.6 is 0 Å². The lowest BCUT2D eigenvalue weighted by Crippen LogP contribution is -1.98. The van der Waals surface area contributed by atoms with E-state index >= 15 is 0 Å². The Morgan fingerprint density at radius 1 is 1.46 bits per heavy atom.